The molecule has 0 aliphatic carbocycles. The third-order valence-corrected chi connectivity index (χ3v) is 8.98. The van der Waals surface area contributed by atoms with Crippen LogP contribution in [0, 0.1) is 5.82 Å². The lowest BCUT2D eigenvalue weighted by Crippen LogP contribution is -2.22. The first-order valence-electron chi connectivity index (χ1n) is 14.3. The smallest absolute Gasteiger partial charge is 0.201 e. The first kappa shape index (κ1) is 29.2. The van der Waals surface area contributed by atoms with Crippen molar-refractivity contribution < 1.29 is 13.9 Å². The summed E-state index contributed by atoms with van der Waals surface area (Å²) < 4.78 is 22.2. The molecule has 0 saturated carbocycles. The number of rotatable bonds is 10. The van der Waals surface area contributed by atoms with Crippen molar-refractivity contribution in [3.05, 3.63) is 159 Å². The van der Waals surface area contributed by atoms with Gasteiger partial charge in [-0.15, -0.1) is 11.3 Å². The van der Waals surface area contributed by atoms with Gasteiger partial charge in [-0.3, -0.25) is 14.5 Å². The summed E-state index contributed by atoms with van der Waals surface area (Å²) in [4.78, 5) is 32.0. The van der Waals surface area contributed by atoms with Crippen molar-refractivity contribution in [2.75, 3.05) is 14.2 Å². The number of ether oxygens (including phenoxy) is 1. The maximum Gasteiger partial charge on any atom is 0.201 e. The third kappa shape index (κ3) is 5.97. The molecule has 0 atom stereocenters. The summed E-state index contributed by atoms with van der Waals surface area (Å²) >= 11 is 1.48. The number of pyridine rings is 1. The van der Waals surface area contributed by atoms with Crippen LogP contribution in [-0.2, 0) is 19.6 Å². The maximum absolute atomic E-state index is 14.9. The highest BCUT2D eigenvalue weighted by atomic mass is 32.1. The van der Waals surface area contributed by atoms with E-state index in [0.717, 1.165) is 27.3 Å². The van der Waals surface area contributed by atoms with E-state index < -0.39 is 0 Å². The second-order valence-corrected chi connectivity index (χ2v) is 11.8. The number of hydrogen-bond acceptors (Lipinski definition) is 5. The topological polar surface area (TPSA) is 51.5 Å². The number of carbonyl (C=O) groups excluding carboxylic acids is 1. The van der Waals surface area contributed by atoms with E-state index in [1.807, 2.05) is 60.1 Å². The maximum atomic E-state index is 14.9. The molecule has 7 heteroatoms. The van der Waals surface area contributed by atoms with Gasteiger partial charge in [0.25, 0.3) is 0 Å². The van der Waals surface area contributed by atoms with Crippen molar-refractivity contribution in [1.29, 1.82) is 0 Å². The Labute approximate surface area is 259 Å². The second kappa shape index (κ2) is 12.8. The molecule has 0 saturated heterocycles. The zero-order chi connectivity index (χ0) is 30.6. The Bertz CT molecular complexity index is 1980. The Kier molecular flexibility index (Phi) is 8.50. The van der Waals surface area contributed by atoms with Crippen LogP contribution in [-0.4, -0.2) is 29.4 Å². The number of ketones is 1. The van der Waals surface area contributed by atoms with Gasteiger partial charge in [-0.1, -0.05) is 78.9 Å². The lowest BCUT2D eigenvalue weighted by atomic mass is 10.0. The number of benzene rings is 4. The fourth-order valence-corrected chi connectivity index (χ4v) is 6.77. The van der Waals surface area contributed by atoms with Crippen LogP contribution in [0.1, 0.15) is 32.6 Å². The van der Waals surface area contributed by atoms with Crippen molar-refractivity contribution in [1.82, 2.24) is 9.47 Å². The van der Waals surface area contributed by atoms with Crippen LogP contribution < -0.4 is 10.2 Å². The highest BCUT2D eigenvalue weighted by Crippen LogP contribution is 2.39. The summed E-state index contributed by atoms with van der Waals surface area (Å²) in [5.74, 6) is 0.0260. The highest BCUT2D eigenvalue weighted by molar-refractivity contribution is 7.22. The summed E-state index contributed by atoms with van der Waals surface area (Å²) in [7, 11) is 3.64. The first-order chi connectivity index (χ1) is 21.4. The molecule has 0 bridgehead atoms. The van der Waals surface area contributed by atoms with Crippen LogP contribution in [0.2, 0.25) is 0 Å². The zero-order valence-corrected chi connectivity index (χ0v) is 25.3. The number of methoxy groups -OCH3 is 1. The largest absolute Gasteiger partial charge is 0.497 e. The third-order valence-electron chi connectivity index (χ3n) is 7.66. The van der Waals surface area contributed by atoms with Crippen LogP contribution in [0.4, 0.5) is 4.39 Å². The van der Waals surface area contributed by atoms with E-state index in [2.05, 4.69) is 17.0 Å². The number of fused-ring (bicyclic) bond motifs is 1. The van der Waals surface area contributed by atoms with Crippen molar-refractivity contribution in [3.63, 3.8) is 0 Å². The second-order valence-electron chi connectivity index (χ2n) is 10.8. The van der Waals surface area contributed by atoms with Gasteiger partial charge in [-0.2, -0.15) is 0 Å². The first-order valence-corrected chi connectivity index (χ1v) is 15.1. The minimum atomic E-state index is -0.361. The van der Waals surface area contributed by atoms with Crippen molar-refractivity contribution in [2.45, 2.75) is 19.6 Å². The number of aromatic nitrogens is 1. The molecule has 0 spiro atoms. The molecule has 0 aliphatic rings. The standard InChI is InChI=1S/C37H31FN2O3S/c1-39(21-25-11-5-3-6-12-25)23-30-33-35(42)31(34(41)26-13-7-4-8-14-26)24-40(22-28-15-9-10-16-32(28)38)37(33)44-36(30)27-17-19-29(43-2)20-18-27/h3-20,24H,21-23H2,1-2H3. The summed E-state index contributed by atoms with van der Waals surface area (Å²) in [6, 6.07) is 33.3. The highest BCUT2D eigenvalue weighted by Gasteiger charge is 2.25. The van der Waals surface area contributed by atoms with Crippen molar-refractivity contribution >= 4 is 27.3 Å². The van der Waals surface area contributed by atoms with Gasteiger partial charge in [-0.05, 0) is 54.1 Å². The van der Waals surface area contributed by atoms with Crippen molar-refractivity contribution in [3.8, 4) is 16.2 Å². The molecule has 0 amide bonds. The molecular formula is C37H31FN2O3S. The fourth-order valence-electron chi connectivity index (χ4n) is 5.48. The predicted octanol–water partition coefficient (Wildman–Crippen LogP) is 7.79. The lowest BCUT2D eigenvalue weighted by Gasteiger charge is -2.18. The van der Waals surface area contributed by atoms with E-state index in [4.69, 9.17) is 4.74 Å². The van der Waals surface area contributed by atoms with E-state index in [1.165, 1.54) is 17.4 Å². The normalized spacial score (nSPS) is 11.3. The molecule has 44 heavy (non-hydrogen) atoms. The number of hydrogen-bond donors (Lipinski definition) is 0. The summed E-state index contributed by atoms with van der Waals surface area (Å²) in [5, 5.41) is 0.485. The molecule has 220 valence electrons. The minimum Gasteiger partial charge on any atom is -0.497 e. The van der Waals surface area contributed by atoms with Crippen LogP contribution in [0.15, 0.2) is 120 Å². The Morgan fingerprint density at radius 2 is 1.52 bits per heavy atom. The Hall–Kier alpha value is -4.85. The summed E-state index contributed by atoms with van der Waals surface area (Å²) in [6.45, 7) is 1.31. The Morgan fingerprint density at radius 1 is 0.864 bits per heavy atom. The molecule has 0 unspecified atom stereocenters. The number of halogens is 1. The summed E-state index contributed by atoms with van der Waals surface area (Å²) in [5.41, 5.74) is 3.56. The lowest BCUT2D eigenvalue weighted by molar-refractivity contribution is 0.103. The summed E-state index contributed by atoms with van der Waals surface area (Å²) in [6.07, 6.45) is 1.60. The Balaban J connectivity index is 1.58. The van der Waals surface area contributed by atoms with E-state index >= 15 is 0 Å². The van der Waals surface area contributed by atoms with Gasteiger partial charge < -0.3 is 9.30 Å². The van der Waals surface area contributed by atoms with Gasteiger partial charge in [0.2, 0.25) is 5.43 Å². The van der Waals surface area contributed by atoms with Crippen LogP contribution in [0.5, 0.6) is 5.75 Å². The average molecular weight is 603 g/mol. The van der Waals surface area contributed by atoms with Gasteiger partial charge in [-0.25, -0.2) is 4.39 Å². The molecule has 4 aromatic carbocycles. The van der Waals surface area contributed by atoms with Gasteiger partial charge in [0.1, 0.15) is 16.4 Å². The van der Waals surface area contributed by atoms with Crippen LogP contribution in [0.25, 0.3) is 20.7 Å². The fraction of sp³-hybridized carbons (Fsp3) is 0.135. The molecule has 6 rings (SSSR count). The number of thiophene rings is 1. The van der Waals surface area contributed by atoms with Gasteiger partial charge >= 0.3 is 0 Å². The van der Waals surface area contributed by atoms with Gasteiger partial charge in [0.15, 0.2) is 5.78 Å². The van der Waals surface area contributed by atoms with Gasteiger partial charge in [0, 0.05) is 35.3 Å². The SMILES string of the molecule is COc1ccc(-c2sc3c(c2CN(C)Cc2ccccc2)c(=O)c(C(=O)c2ccccc2)cn3Cc2ccccc2F)cc1. The Morgan fingerprint density at radius 3 is 2.20 bits per heavy atom. The number of nitrogens with zero attached hydrogens (tertiary/aromatic N) is 2. The van der Waals surface area contributed by atoms with Crippen LogP contribution >= 0.6 is 11.3 Å². The molecule has 0 fully saturated rings. The number of carbonyl (C=O) groups is 1. The van der Waals surface area contributed by atoms with E-state index in [-0.39, 0.29) is 29.1 Å². The molecule has 0 N–H and O–H groups in total. The predicted molar refractivity (Wildman–Crippen MR) is 175 cm³/mol. The van der Waals surface area contributed by atoms with E-state index in [0.29, 0.717) is 34.4 Å². The molecule has 2 aromatic heterocycles. The van der Waals surface area contributed by atoms with Crippen molar-refractivity contribution in [2.24, 2.45) is 0 Å². The molecule has 5 nitrogen and oxygen atoms in total. The quantitative estimate of drug-likeness (QED) is 0.150. The zero-order valence-electron chi connectivity index (χ0n) is 24.5. The van der Waals surface area contributed by atoms with Crippen LogP contribution in [0.3, 0.4) is 0 Å². The monoisotopic (exact) mass is 602 g/mol. The average Bonchev–Trinajstić information content (AvgIpc) is 3.43. The minimum absolute atomic E-state index is 0.0612. The molecule has 0 radical (unpaired) electrons. The van der Waals surface area contributed by atoms with Gasteiger partial charge in [0.05, 0.1) is 24.6 Å². The molecule has 2 heterocycles. The molecular weight excluding hydrogens is 571 g/mol. The molecule has 6 aromatic rings. The molecule has 0 aliphatic heterocycles. The van der Waals surface area contributed by atoms with E-state index in [1.54, 1.807) is 55.8 Å². The van der Waals surface area contributed by atoms with E-state index in [9.17, 15) is 14.0 Å².